The van der Waals surface area contributed by atoms with Crippen LogP contribution in [-0.4, -0.2) is 92.7 Å². The maximum Gasteiger partial charge on any atom is 0.319 e. The van der Waals surface area contributed by atoms with Crippen LogP contribution in [0, 0.1) is 11.7 Å². The summed E-state index contributed by atoms with van der Waals surface area (Å²) in [5.41, 5.74) is 1.72. The minimum absolute atomic E-state index is 0.0406. The molecule has 4 aromatic heterocycles. The molecule has 3 saturated heterocycles. The molecule has 8 bridgehead atoms. The number of hydrogen-bond acceptors (Lipinski definition) is 10. The van der Waals surface area contributed by atoms with Gasteiger partial charge in [-0.25, -0.2) is 13.8 Å². The number of rotatable bonds is 3. The molecule has 9 heterocycles. The van der Waals surface area contributed by atoms with Gasteiger partial charge in [-0.2, -0.15) is 15.1 Å². The van der Waals surface area contributed by atoms with Crippen LogP contribution < -0.4 is 9.64 Å². The zero-order valence-electron chi connectivity index (χ0n) is 25.6. The molecule has 5 aliphatic heterocycles. The number of H-pyrrole nitrogens is 1. The number of aromatic nitrogens is 6. The third kappa shape index (κ3) is 5.01. The Labute approximate surface area is 273 Å². The number of oxazole rings is 1. The average molecular weight is 663 g/mol. The van der Waals surface area contributed by atoms with Gasteiger partial charge in [0.1, 0.15) is 35.6 Å². The smallest absolute Gasteiger partial charge is 0.319 e. The predicted molar refractivity (Wildman–Crippen MR) is 170 cm³/mol. The summed E-state index contributed by atoms with van der Waals surface area (Å²) in [6, 6.07) is 1.85. The maximum atomic E-state index is 17.1. The van der Waals surface area contributed by atoms with Crippen molar-refractivity contribution < 1.29 is 22.7 Å². The Morgan fingerprint density at radius 3 is 2.98 bits per heavy atom. The molecule has 0 aliphatic carbocycles. The van der Waals surface area contributed by atoms with Gasteiger partial charge in [-0.05, 0) is 37.4 Å². The number of fused-ring (bicyclic) bond motifs is 4. The van der Waals surface area contributed by atoms with E-state index in [1.165, 1.54) is 0 Å². The van der Waals surface area contributed by atoms with Crippen LogP contribution in [0.15, 0.2) is 29.1 Å². The number of anilines is 1. The van der Waals surface area contributed by atoms with Crippen LogP contribution in [0.2, 0.25) is 5.02 Å². The van der Waals surface area contributed by atoms with Crippen molar-refractivity contribution in [3.63, 3.8) is 0 Å². The van der Waals surface area contributed by atoms with Crippen LogP contribution >= 0.6 is 11.6 Å². The molecule has 0 amide bonds. The topological polar surface area (TPSA) is 118 Å². The first-order chi connectivity index (χ1) is 22.9. The standard InChI is InChI=1S/C33H33ClF2N8O3/c34-24-9-25-22(13-39-42-25)27-21(24)3-2-20-11-37-26(47-20)8-18-14-43(6-7-45-16-18)31-23-12-38-30(27)28(36)29(23)40-32(41-31)46-17-33-4-1-5-44(33)15-19(35)10-33/h9,11-13,18-19H,1-8,10,14-17H2,(H,39,42)/t18?,19-,33+/m1/s1. The number of aromatic amines is 1. The van der Waals surface area contributed by atoms with Crippen LogP contribution in [-0.2, 0) is 24.0 Å². The number of ether oxygens (including phenoxy) is 2. The van der Waals surface area contributed by atoms with E-state index in [1.54, 1.807) is 24.7 Å². The summed E-state index contributed by atoms with van der Waals surface area (Å²) in [6.45, 7) is 3.54. The second-order valence-electron chi connectivity index (χ2n) is 13.2. The number of benzene rings is 1. The van der Waals surface area contributed by atoms with Gasteiger partial charge in [-0.3, -0.25) is 15.0 Å². The number of halogens is 3. The highest BCUT2D eigenvalue weighted by Crippen LogP contribution is 2.42. The van der Waals surface area contributed by atoms with Gasteiger partial charge >= 0.3 is 6.01 Å². The molecule has 5 aliphatic rings. The summed E-state index contributed by atoms with van der Waals surface area (Å²) in [5.74, 6) is 1.29. The molecular weight excluding hydrogens is 630 g/mol. The van der Waals surface area contributed by atoms with Crippen molar-refractivity contribution in [3.05, 3.63) is 52.7 Å². The summed E-state index contributed by atoms with van der Waals surface area (Å²) in [7, 11) is 0. The number of aryl methyl sites for hydroxylation is 1. The minimum Gasteiger partial charge on any atom is -0.461 e. The van der Waals surface area contributed by atoms with E-state index in [0.29, 0.717) is 103 Å². The van der Waals surface area contributed by atoms with E-state index < -0.39 is 17.5 Å². The van der Waals surface area contributed by atoms with E-state index >= 15 is 4.39 Å². The van der Waals surface area contributed by atoms with E-state index in [0.717, 1.165) is 24.9 Å². The third-order valence-corrected chi connectivity index (χ3v) is 10.6. The van der Waals surface area contributed by atoms with Crippen LogP contribution in [0.1, 0.15) is 36.5 Å². The average Bonchev–Trinajstić information content (AvgIpc) is 3.81. The highest BCUT2D eigenvalue weighted by atomic mass is 35.5. The molecule has 0 saturated carbocycles. The predicted octanol–water partition coefficient (Wildman–Crippen LogP) is 5.10. The molecule has 244 valence electrons. The quantitative estimate of drug-likeness (QED) is 0.280. The molecule has 10 rings (SSSR count). The van der Waals surface area contributed by atoms with E-state index in [2.05, 4.69) is 30.0 Å². The van der Waals surface area contributed by atoms with Crippen molar-refractivity contribution in [1.82, 2.24) is 35.0 Å². The summed E-state index contributed by atoms with van der Waals surface area (Å²) in [4.78, 5) is 23.1. The van der Waals surface area contributed by atoms with Crippen molar-refractivity contribution >= 4 is 39.2 Å². The number of nitrogens with zero attached hydrogens (tertiary/aromatic N) is 7. The molecule has 0 spiro atoms. The monoisotopic (exact) mass is 662 g/mol. The summed E-state index contributed by atoms with van der Waals surface area (Å²) >= 11 is 6.87. The number of pyridine rings is 1. The van der Waals surface area contributed by atoms with E-state index in [-0.39, 0.29) is 29.7 Å². The molecule has 1 unspecified atom stereocenters. The molecule has 1 aromatic carbocycles. The maximum absolute atomic E-state index is 17.1. The van der Waals surface area contributed by atoms with E-state index in [9.17, 15) is 4.39 Å². The van der Waals surface area contributed by atoms with Crippen LogP contribution in [0.3, 0.4) is 0 Å². The van der Waals surface area contributed by atoms with Gasteiger partial charge in [0.2, 0.25) is 0 Å². The SMILES string of the molecule is Fc1c2ncc3c(nc(OC[C@@]45CCCN4C[C@H](F)C5)nc13)N1CCOCC(Cc3ncc(o3)CCc3c(Cl)cc4[nH]ncc4c3-2)C1. The van der Waals surface area contributed by atoms with Gasteiger partial charge in [0.05, 0.1) is 42.0 Å². The fourth-order valence-electron chi connectivity index (χ4n) is 8.01. The lowest BCUT2D eigenvalue weighted by atomic mass is 9.95. The molecule has 0 radical (unpaired) electrons. The molecule has 3 fully saturated rings. The molecular formula is C33H33ClF2N8O3. The number of nitrogens with one attached hydrogen (secondary N) is 1. The summed E-state index contributed by atoms with van der Waals surface area (Å²) < 4.78 is 50.1. The number of hydrogen-bond donors (Lipinski definition) is 1. The van der Waals surface area contributed by atoms with Gasteiger partial charge in [-0.15, -0.1) is 0 Å². The fourth-order valence-corrected chi connectivity index (χ4v) is 8.31. The molecule has 5 aromatic rings. The van der Waals surface area contributed by atoms with Gasteiger partial charge in [-0.1, -0.05) is 11.6 Å². The molecule has 11 nitrogen and oxygen atoms in total. The largest absolute Gasteiger partial charge is 0.461 e. The Hall–Kier alpha value is -3.94. The zero-order valence-corrected chi connectivity index (χ0v) is 26.4. The van der Waals surface area contributed by atoms with Crippen LogP contribution in [0.25, 0.3) is 33.1 Å². The van der Waals surface area contributed by atoms with Crippen molar-refractivity contribution in [3.8, 4) is 17.3 Å². The van der Waals surface area contributed by atoms with Crippen molar-refractivity contribution in [2.45, 2.75) is 50.2 Å². The second-order valence-corrected chi connectivity index (χ2v) is 13.6. The highest BCUT2D eigenvalue weighted by Gasteiger charge is 2.49. The Kier molecular flexibility index (Phi) is 7.05. The molecule has 1 N–H and O–H groups in total. The molecule has 3 atom stereocenters. The molecule has 14 heteroatoms. The van der Waals surface area contributed by atoms with E-state index in [1.807, 2.05) is 0 Å². The van der Waals surface area contributed by atoms with Crippen LogP contribution in [0.5, 0.6) is 6.01 Å². The fraction of sp³-hybridized carbons (Fsp3) is 0.485. The van der Waals surface area contributed by atoms with Gasteiger partial charge < -0.3 is 18.8 Å². The summed E-state index contributed by atoms with van der Waals surface area (Å²) in [6.07, 6.45) is 7.90. The lowest BCUT2D eigenvalue weighted by molar-refractivity contribution is 0.107. The van der Waals surface area contributed by atoms with Crippen molar-refractivity contribution in [2.75, 3.05) is 50.9 Å². The first kappa shape index (κ1) is 29.2. The Morgan fingerprint density at radius 2 is 2.04 bits per heavy atom. The van der Waals surface area contributed by atoms with Crippen molar-refractivity contribution in [1.29, 1.82) is 0 Å². The Balaban J connectivity index is 1.23. The normalized spacial score (nSPS) is 24.7. The Morgan fingerprint density at radius 1 is 1.11 bits per heavy atom. The minimum atomic E-state index is -0.898. The first-order valence-electron chi connectivity index (χ1n) is 16.2. The lowest BCUT2D eigenvalue weighted by Crippen LogP contribution is -2.43. The van der Waals surface area contributed by atoms with E-state index in [4.69, 9.17) is 35.5 Å². The number of alkyl halides is 1. The van der Waals surface area contributed by atoms with Crippen molar-refractivity contribution in [2.24, 2.45) is 5.92 Å². The Bertz CT molecular complexity index is 2000. The zero-order chi connectivity index (χ0) is 31.7. The second kappa shape index (κ2) is 11.3. The van der Waals surface area contributed by atoms with Crippen LogP contribution in [0.4, 0.5) is 14.6 Å². The lowest BCUT2D eigenvalue weighted by Gasteiger charge is -2.31. The first-order valence-corrected chi connectivity index (χ1v) is 16.6. The molecule has 47 heavy (non-hydrogen) atoms. The van der Waals surface area contributed by atoms with Gasteiger partial charge in [0.25, 0.3) is 0 Å². The van der Waals surface area contributed by atoms with Gasteiger partial charge in [0, 0.05) is 67.0 Å². The third-order valence-electron chi connectivity index (χ3n) is 10.2. The highest BCUT2D eigenvalue weighted by molar-refractivity contribution is 6.33. The van der Waals surface area contributed by atoms with Gasteiger partial charge in [0.15, 0.2) is 11.7 Å². The summed E-state index contributed by atoms with van der Waals surface area (Å²) in [5, 5.41) is 8.80.